The minimum Gasteiger partial charge on any atom is -0.490 e. The third-order valence-corrected chi connectivity index (χ3v) is 9.38. The van der Waals surface area contributed by atoms with Crippen LogP contribution in [0.3, 0.4) is 0 Å². The van der Waals surface area contributed by atoms with Crippen molar-refractivity contribution in [2.75, 3.05) is 29.8 Å². The van der Waals surface area contributed by atoms with Gasteiger partial charge in [0.25, 0.3) is 0 Å². The number of halogens is 2. The Morgan fingerprint density at radius 1 is 1.05 bits per heavy atom. The number of anilines is 1. The van der Waals surface area contributed by atoms with Crippen LogP contribution in [0.1, 0.15) is 55.3 Å². The van der Waals surface area contributed by atoms with Crippen LogP contribution >= 0.6 is 24.8 Å². The van der Waals surface area contributed by atoms with Gasteiger partial charge in [-0.2, -0.15) is 0 Å². The molecule has 1 fully saturated rings. The molecule has 1 unspecified atom stereocenters. The van der Waals surface area contributed by atoms with E-state index in [9.17, 15) is 13.2 Å². The quantitative estimate of drug-likeness (QED) is 0.164. The smallest absolute Gasteiger partial charge is 0.305 e. The van der Waals surface area contributed by atoms with Crippen LogP contribution in [0.25, 0.3) is 10.8 Å². The number of ether oxygens (including phenoxy) is 2. The largest absolute Gasteiger partial charge is 0.490 e. The summed E-state index contributed by atoms with van der Waals surface area (Å²) < 4.78 is 40.4. The van der Waals surface area contributed by atoms with Gasteiger partial charge in [0.1, 0.15) is 17.7 Å². The van der Waals surface area contributed by atoms with E-state index < -0.39 is 22.0 Å². The number of hydrogen-bond donors (Lipinski definition) is 3. The lowest BCUT2D eigenvalue weighted by Crippen LogP contribution is -2.34. The first-order chi connectivity index (χ1) is 19.2. The van der Waals surface area contributed by atoms with E-state index >= 15 is 0 Å². The Bertz CT molecular complexity index is 1530. The number of hydrogen-bond acceptors (Lipinski definition) is 7. The highest BCUT2D eigenvalue weighted by molar-refractivity contribution is 7.92. The highest BCUT2D eigenvalue weighted by Crippen LogP contribution is 2.44. The molecule has 0 aliphatic carbocycles. The van der Waals surface area contributed by atoms with Crippen LogP contribution in [0.5, 0.6) is 5.75 Å². The molecule has 9 nitrogen and oxygen atoms in total. The first-order valence-corrected chi connectivity index (χ1v) is 15.4. The van der Waals surface area contributed by atoms with Gasteiger partial charge in [-0.05, 0) is 91.5 Å². The molecular weight excluding hydrogens is 599 g/mol. The lowest BCUT2D eigenvalue weighted by Gasteiger charge is -2.28. The summed E-state index contributed by atoms with van der Waals surface area (Å²) in [4.78, 5) is 11.9. The fraction of sp³-hybridized carbons (Fsp3) is 0.400. The van der Waals surface area contributed by atoms with Crippen molar-refractivity contribution in [1.29, 1.82) is 5.41 Å². The van der Waals surface area contributed by atoms with Crippen LogP contribution in [-0.4, -0.2) is 51.8 Å². The molecule has 12 heteroatoms. The van der Waals surface area contributed by atoms with Gasteiger partial charge in [-0.25, -0.2) is 8.42 Å². The molecule has 0 saturated carbocycles. The number of nitrogens with two attached hydrogens (primary N) is 1. The van der Waals surface area contributed by atoms with E-state index in [1.54, 1.807) is 13.0 Å². The normalized spacial score (nSPS) is 16.7. The molecule has 2 aliphatic rings. The maximum atomic E-state index is 13.8. The van der Waals surface area contributed by atoms with Gasteiger partial charge in [0.05, 0.1) is 24.1 Å². The predicted octanol–water partition coefficient (Wildman–Crippen LogP) is 4.88. The summed E-state index contributed by atoms with van der Waals surface area (Å²) in [7, 11) is -3.77. The molecule has 4 N–H and O–H groups in total. The van der Waals surface area contributed by atoms with Crippen LogP contribution in [0.15, 0.2) is 54.6 Å². The van der Waals surface area contributed by atoms with Crippen LogP contribution in [0, 0.1) is 5.41 Å². The summed E-state index contributed by atoms with van der Waals surface area (Å²) in [5, 5.41) is 13.0. The summed E-state index contributed by atoms with van der Waals surface area (Å²) in [5.41, 5.74) is 8.72. The zero-order valence-electron chi connectivity index (χ0n) is 23.5. The summed E-state index contributed by atoms with van der Waals surface area (Å²) in [6, 6.07) is 16.7. The molecular formula is C30H38Cl2N4O5S. The fourth-order valence-corrected chi connectivity index (χ4v) is 7.31. The molecule has 1 atom stereocenters. The Hall–Kier alpha value is -3.05. The second-order valence-corrected chi connectivity index (χ2v) is 12.3. The first-order valence-electron chi connectivity index (χ1n) is 13.8. The molecule has 228 valence electrons. The molecule has 5 rings (SSSR count). The van der Waals surface area contributed by atoms with Crippen molar-refractivity contribution in [3.05, 3.63) is 71.3 Å². The molecule has 42 heavy (non-hydrogen) atoms. The number of esters is 1. The predicted molar refractivity (Wildman–Crippen MR) is 171 cm³/mol. The van der Waals surface area contributed by atoms with Gasteiger partial charge in [0, 0.05) is 18.4 Å². The van der Waals surface area contributed by atoms with E-state index in [4.69, 9.17) is 20.6 Å². The van der Waals surface area contributed by atoms with E-state index in [2.05, 4.69) is 5.32 Å². The third kappa shape index (κ3) is 7.47. The van der Waals surface area contributed by atoms with Gasteiger partial charge in [-0.1, -0.05) is 24.3 Å². The SMILES string of the molecule is CCOC(=O)CCCS(=O)(=O)N1c2ccc(OC3CCNCC3)cc2CC1c1ccc2ccc(C(=N)N)cc2c1.Cl.Cl. The zero-order chi connectivity index (χ0) is 28.3. The van der Waals surface area contributed by atoms with Crippen LogP contribution < -0.4 is 20.1 Å². The first kappa shape index (κ1) is 33.5. The Morgan fingerprint density at radius 3 is 2.50 bits per heavy atom. The van der Waals surface area contributed by atoms with Crippen molar-refractivity contribution in [1.82, 2.24) is 5.32 Å². The van der Waals surface area contributed by atoms with E-state index in [1.165, 1.54) is 4.31 Å². The van der Waals surface area contributed by atoms with Gasteiger partial charge >= 0.3 is 5.97 Å². The van der Waals surface area contributed by atoms with Crippen molar-refractivity contribution in [3.8, 4) is 5.75 Å². The van der Waals surface area contributed by atoms with Crippen LogP contribution in [0.2, 0.25) is 0 Å². The summed E-state index contributed by atoms with van der Waals surface area (Å²) in [6.45, 7) is 3.83. The average molecular weight is 638 g/mol. The number of carbonyl (C=O) groups excluding carboxylic acids is 1. The Labute approximate surface area is 259 Å². The van der Waals surface area contributed by atoms with Crippen molar-refractivity contribution in [2.45, 2.75) is 51.2 Å². The number of rotatable bonds is 10. The lowest BCUT2D eigenvalue weighted by molar-refractivity contribution is -0.143. The number of sulfonamides is 1. The fourth-order valence-electron chi connectivity index (χ4n) is 5.55. The van der Waals surface area contributed by atoms with Crippen molar-refractivity contribution < 1.29 is 22.7 Å². The Kier molecular flexibility index (Phi) is 11.5. The molecule has 2 aliphatic heterocycles. The van der Waals surface area contributed by atoms with E-state index in [1.807, 2.05) is 48.5 Å². The van der Waals surface area contributed by atoms with Crippen LogP contribution in [-0.2, 0) is 26.0 Å². The number of nitrogen functional groups attached to an aromatic ring is 1. The van der Waals surface area contributed by atoms with E-state index in [0.29, 0.717) is 17.7 Å². The topological polar surface area (TPSA) is 135 Å². The molecule has 0 amide bonds. The van der Waals surface area contributed by atoms with E-state index in [-0.39, 0.29) is 62.0 Å². The van der Waals surface area contributed by atoms with Crippen molar-refractivity contribution >= 4 is 63.1 Å². The molecule has 2 heterocycles. The second-order valence-electron chi connectivity index (χ2n) is 10.3. The molecule has 0 bridgehead atoms. The minimum absolute atomic E-state index is 0. The highest BCUT2D eigenvalue weighted by Gasteiger charge is 2.38. The molecule has 3 aromatic carbocycles. The maximum Gasteiger partial charge on any atom is 0.305 e. The number of carbonyl (C=O) groups is 1. The molecule has 0 radical (unpaired) electrons. The highest BCUT2D eigenvalue weighted by atomic mass is 35.5. The molecule has 0 spiro atoms. The lowest BCUT2D eigenvalue weighted by atomic mass is 9.98. The van der Waals surface area contributed by atoms with Gasteiger partial charge in [-0.3, -0.25) is 14.5 Å². The number of piperidine rings is 1. The molecule has 3 aromatic rings. The van der Waals surface area contributed by atoms with Gasteiger partial charge in [-0.15, -0.1) is 24.8 Å². The number of fused-ring (bicyclic) bond motifs is 2. The Morgan fingerprint density at radius 2 is 1.79 bits per heavy atom. The molecule has 1 saturated heterocycles. The van der Waals surface area contributed by atoms with Crippen LogP contribution in [0.4, 0.5) is 5.69 Å². The summed E-state index contributed by atoms with van der Waals surface area (Å²) >= 11 is 0. The zero-order valence-corrected chi connectivity index (χ0v) is 26.0. The average Bonchev–Trinajstić information content (AvgIpc) is 3.33. The number of amidine groups is 1. The standard InChI is InChI=1S/C30H36N4O5S.2ClH/c1-2-38-29(35)4-3-15-40(36,37)34-27-10-9-26(39-25-11-13-33-14-12-25)18-24(27)19-28(34)21-7-5-20-6-8-22(30(31)32)17-23(20)16-21;;/h5-10,16-18,25,28,33H,2-4,11-15,19H2,1H3,(H3,31,32);2*1H. The van der Waals surface area contributed by atoms with Crippen molar-refractivity contribution in [2.24, 2.45) is 5.73 Å². The number of nitrogens with one attached hydrogen (secondary N) is 2. The monoisotopic (exact) mass is 636 g/mol. The second kappa shape index (κ2) is 14.4. The minimum atomic E-state index is -3.77. The van der Waals surface area contributed by atoms with Crippen molar-refractivity contribution in [3.63, 3.8) is 0 Å². The summed E-state index contributed by atoms with van der Waals surface area (Å²) in [6.07, 6.45) is 2.71. The van der Waals surface area contributed by atoms with Gasteiger partial charge in [0.2, 0.25) is 10.0 Å². The van der Waals surface area contributed by atoms with Gasteiger partial charge in [0.15, 0.2) is 0 Å². The third-order valence-electron chi connectivity index (χ3n) is 7.52. The van der Waals surface area contributed by atoms with Gasteiger partial charge < -0.3 is 20.5 Å². The number of benzene rings is 3. The number of nitrogens with zero attached hydrogens (tertiary/aromatic N) is 1. The van der Waals surface area contributed by atoms with E-state index in [0.717, 1.165) is 53.6 Å². The Balaban J connectivity index is 0.00000242. The summed E-state index contributed by atoms with van der Waals surface area (Å²) in [5.74, 6) is 0.159. The molecule has 0 aromatic heterocycles. The maximum absolute atomic E-state index is 13.8.